The summed E-state index contributed by atoms with van der Waals surface area (Å²) in [6.45, 7) is 1.53. The zero-order chi connectivity index (χ0) is 18.5. The molecule has 0 saturated heterocycles. The van der Waals surface area contributed by atoms with Crippen LogP contribution in [0.3, 0.4) is 0 Å². The highest BCUT2D eigenvalue weighted by molar-refractivity contribution is 5.89. The third-order valence-electron chi connectivity index (χ3n) is 3.09. The third-order valence-corrected chi connectivity index (χ3v) is 3.09. The lowest BCUT2D eigenvalue weighted by Crippen LogP contribution is -2.15. The fourth-order valence-corrected chi connectivity index (χ4v) is 1.84. The minimum Gasteiger partial charge on any atom is -0.460 e. The second-order valence-corrected chi connectivity index (χ2v) is 4.98. The van der Waals surface area contributed by atoms with E-state index in [1.807, 2.05) is 0 Å². The SMILES string of the molecule is O=C(OCCOCCOCCOC(=O)c1cccnc1)c1cccnc1. The molecule has 0 aliphatic rings. The highest BCUT2D eigenvalue weighted by Gasteiger charge is 2.06. The molecule has 0 fully saturated rings. The minimum atomic E-state index is -0.437. The van der Waals surface area contributed by atoms with Crippen molar-refractivity contribution in [3.05, 3.63) is 60.2 Å². The van der Waals surface area contributed by atoms with Crippen LogP contribution >= 0.6 is 0 Å². The summed E-state index contributed by atoms with van der Waals surface area (Å²) in [7, 11) is 0. The monoisotopic (exact) mass is 360 g/mol. The van der Waals surface area contributed by atoms with Gasteiger partial charge >= 0.3 is 11.9 Å². The van der Waals surface area contributed by atoms with E-state index in [1.54, 1.807) is 36.7 Å². The average molecular weight is 360 g/mol. The van der Waals surface area contributed by atoms with E-state index in [2.05, 4.69) is 9.97 Å². The van der Waals surface area contributed by atoms with Crippen molar-refractivity contribution in [3.63, 3.8) is 0 Å². The van der Waals surface area contributed by atoms with Crippen molar-refractivity contribution >= 4 is 11.9 Å². The predicted molar refractivity (Wildman–Crippen MR) is 90.7 cm³/mol. The van der Waals surface area contributed by atoms with Crippen LogP contribution in [0.2, 0.25) is 0 Å². The number of carbonyl (C=O) groups is 2. The Labute approximate surface area is 151 Å². The van der Waals surface area contributed by atoms with E-state index < -0.39 is 11.9 Å². The molecule has 2 aromatic rings. The van der Waals surface area contributed by atoms with Crippen LogP contribution in [0.5, 0.6) is 0 Å². The predicted octanol–water partition coefficient (Wildman–Crippen LogP) is 1.52. The summed E-state index contributed by atoms with van der Waals surface area (Å²) >= 11 is 0. The van der Waals surface area contributed by atoms with Gasteiger partial charge in [-0.25, -0.2) is 9.59 Å². The molecule has 0 aliphatic heterocycles. The summed E-state index contributed by atoms with van der Waals surface area (Å²) in [6.07, 6.45) is 6.05. The third kappa shape index (κ3) is 7.37. The van der Waals surface area contributed by atoms with Crippen LogP contribution in [0.15, 0.2) is 49.1 Å². The Morgan fingerprint density at radius 2 is 1.12 bits per heavy atom. The number of hydrogen-bond donors (Lipinski definition) is 0. The maximum absolute atomic E-state index is 11.6. The van der Waals surface area contributed by atoms with Gasteiger partial charge in [0.25, 0.3) is 0 Å². The quantitative estimate of drug-likeness (QED) is 0.440. The van der Waals surface area contributed by atoms with Crippen LogP contribution in [-0.2, 0) is 18.9 Å². The number of carbonyl (C=O) groups excluding carboxylic acids is 2. The van der Waals surface area contributed by atoms with Gasteiger partial charge in [0.2, 0.25) is 0 Å². The molecule has 0 atom stereocenters. The van der Waals surface area contributed by atoms with Crippen molar-refractivity contribution in [1.29, 1.82) is 0 Å². The molecule has 8 heteroatoms. The Morgan fingerprint density at radius 3 is 1.50 bits per heavy atom. The van der Waals surface area contributed by atoms with Gasteiger partial charge in [0, 0.05) is 24.8 Å². The van der Waals surface area contributed by atoms with E-state index in [0.29, 0.717) is 24.3 Å². The molecule has 0 spiro atoms. The Bertz CT molecular complexity index is 606. The van der Waals surface area contributed by atoms with Gasteiger partial charge in [-0.3, -0.25) is 9.97 Å². The number of pyridine rings is 2. The number of aromatic nitrogens is 2. The lowest BCUT2D eigenvalue weighted by atomic mass is 10.3. The average Bonchev–Trinajstić information content (AvgIpc) is 2.70. The maximum Gasteiger partial charge on any atom is 0.339 e. The first-order valence-electron chi connectivity index (χ1n) is 8.07. The molecule has 8 nitrogen and oxygen atoms in total. The zero-order valence-corrected chi connectivity index (χ0v) is 14.2. The van der Waals surface area contributed by atoms with E-state index in [1.165, 1.54) is 12.4 Å². The van der Waals surface area contributed by atoms with Crippen LogP contribution in [0.25, 0.3) is 0 Å². The van der Waals surface area contributed by atoms with Crippen molar-refractivity contribution in [2.45, 2.75) is 0 Å². The van der Waals surface area contributed by atoms with Crippen LogP contribution in [0, 0.1) is 0 Å². The fraction of sp³-hybridized carbons (Fsp3) is 0.333. The topological polar surface area (TPSA) is 96.8 Å². The molecule has 0 saturated carbocycles. The summed E-state index contributed by atoms with van der Waals surface area (Å²) in [5.41, 5.74) is 0.799. The Hall–Kier alpha value is -2.84. The van der Waals surface area contributed by atoms with Gasteiger partial charge in [0.15, 0.2) is 0 Å². The van der Waals surface area contributed by atoms with Gasteiger partial charge in [0.1, 0.15) is 13.2 Å². The second-order valence-electron chi connectivity index (χ2n) is 4.98. The normalized spacial score (nSPS) is 10.3. The van der Waals surface area contributed by atoms with Crippen molar-refractivity contribution < 1.29 is 28.5 Å². The molecule has 26 heavy (non-hydrogen) atoms. The van der Waals surface area contributed by atoms with Gasteiger partial charge in [-0.05, 0) is 24.3 Å². The Balaban J connectivity index is 1.41. The minimum absolute atomic E-state index is 0.149. The number of hydrogen-bond acceptors (Lipinski definition) is 8. The first-order valence-corrected chi connectivity index (χ1v) is 8.07. The molecule has 0 unspecified atom stereocenters. The van der Waals surface area contributed by atoms with Crippen molar-refractivity contribution in [1.82, 2.24) is 9.97 Å². The number of nitrogens with zero attached hydrogens (tertiary/aromatic N) is 2. The van der Waals surface area contributed by atoms with E-state index in [0.717, 1.165) is 0 Å². The van der Waals surface area contributed by atoms with Gasteiger partial charge in [0.05, 0.1) is 37.6 Å². The molecule has 2 heterocycles. The van der Waals surface area contributed by atoms with Gasteiger partial charge in [-0.1, -0.05) is 0 Å². The zero-order valence-electron chi connectivity index (χ0n) is 14.2. The first kappa shape index (κ1) is 19.5. The molecule has 0 aromatic carbocycles. The van der Waals surface area contributed by atoms with E-state index in [4.69, 9.17) is 18.9 Å². The Kier molecular flexibility index (Phi) is 8.74. The smallest absolute Gasteiger partial charge is 0.339 e. The van der Waals surface area contributed by atoms with Gasteiger partial charge in [-0.2, -0.15) is 0 Å². The van der Waals surface area contributed by atoms with E-state index in [-0.39, 0.29) is 26.4 Å². The molecular weight excluding hydrogens is 340 g/mol. The maximum atomic E-state index is 11.6. The van der Waals surface area contributed by atoms with Crippen molar-refractivity contribution in [2.24, 2.45) is 0 Å². The highest BCUT2D eigenvalue weighted by atomic mass is 16.6. The van der Waals surface area contributed by atoms with Gasteiger partial charge < -0.3 is 18.9 Å². The second kappa shape index (κ2) is 11.7. The summed E-state index contributed by atoms with van der Waals surface area (Å²) in [6, 6.07) is 6.59. The standard InChI is InChI=1S/C18H20N2O6/c21-17(15-3-1-5-19-13-15)25-11-9-23-7-8-24-10-12-26-18(22)16-4-2-6-20-14-16/h1-6,13-14H,7-12H2. The fourth-order valence-electron chi connectivity index (χ4n) is 1.84. The molecule has 138 valence electrons. The number of rotatable bonds is 11. The lowest BCUT2D eigenvalue weighted by molar-refractivity contribution is 0.00227. The van der Waals surface area contributed by atoms with Crippen LogP contribution in [-0.4, -0.2) is 61.5 Å². The molecule has 0 bridgehead atoms. The van der Waals surface area contributed by atoms with E-state index in [9.17, 15) is 9.59 Å². The molecule has 0 amide bonds. The molecule has 2 aromatic heterocycles. The Morgan fingerprint density at radius 1 is 0.692 bits per heavy atom. The van der Waals surface area contributed by atoms with Crippen LogP contribution in [0.4, 0.5) is 0 Å². The molecule has 2 rings (SSSR count). The summed E-state index contributed by atoms with van der Waals surface area (Å²) < 4.78 is 20.6. The molecule has 0 radical (unpaired) electrons. The van der Waals surface area contributed by atoms with E-state index >= 15 is 0 Å². The first-order chi connectivity index (χ1) is 12.8. The molecule has 0 N–H and O–H groups in total. The van der Waals surface area contributed by atoms with Crippen molar-refractivity contribution in [3.8, 4) is 0 Å². The van der Waals surface area contributed by atoms with Crippen LogP contribution in [0.1, 0.15) is 20.7 Å². The summed E-state index contributed by atoms with van der Waals surface area (Å²) in [5, 5.41) is 0. The highest BCUT2D eigenvalue weighted by Crippen LogP contribution is 1.99. The molecule has 0 aliphatic carbocycles. The summed E-state index contributed by atoms with van der Waals surface area (Å²) in [5.74, 6) is -0.873. The van der Waals surface area contributed by atoms with Gasteiger partial charge in [-0.15, -0.1) is 0 Å². The van der Waals surface area contributed by atoms with Crippen LogP contribution < -0.4 is 0 Å². The lowest BCUT2D eigenvalue weighted by Gasteiger charge is -2.07. The van der Waals surface area contributed by atoms with Crippen molar-refractivity contribution in [2.75, 3.05) is 39.6 Å². The summed E-state index contributed by atoms with van der Waals surface area (Å²) in [4.78, 5) is 30.9. The molecular formula is C18H20N2O6. The number of ether oxygens (including phenoxy) is 4. The number of esters is 2. The largest absolute Gasteiger partial charge is 0.460 e.